The zero-order valence-corrected chi connectivity index (χ0v) is 19.6. The Balaban J connectivity index is 1.39. The molecule has 2 aromatic carbocycles. The molecule has 0 aliphatic carbocycles. The lowest BCUT2D eigenvalue weighted by atomic mass is 10.1. The second-order valence-corrected chi connectivity index (χ2v) is 9.58. The highest BCUT2D eigenvalue weighted by atomic mass is 32.2. The van der Waals surface area contributed by atoms with Gasteiger partial charge in [0.1, 0.15) is 5.82 Å². The summed E-state index contributed by atoms with van der Waals surface area (Å²) in [4.78, 5) is 17.3. The standard InChI is InChI=1S/C25H28FN5OS/c1-18(29-14-5-2-6-15-29)24-27-28-25(31(24)21-11-9-20(26)10-12-21)33-17-23(32)30-16-13-19-7-3-4-8-22(19)30/h3-4,7-12,18H,2,5-6,13-17H2,1H3/t18-/m1/s1. The van der Waals surface area contributed by atoms with Crippen LogP contribution in [0, 0.1) is 5.82 Å². The first-order chi connectivity index (χ1) is 16.1. The molecule has 0 saturated carbocycles. The maximum atomic E-state index is 13.6. The van der Waals surface area contributed by atoms with Gasteiger partial charge in [-0.3, -0.25) is 14.3 Å². The Morgan fingerprint density at radius 2 is 1.79 bits per heavy atom. The number of nitrogens with zero attached hydrogens (tertiary/aromatic N) is 5. The first-order valence-corrected chi connectivity index (χ1v) is 12.6. The predicted octanol–water partition coefficient (Wildman–Crippen LogP) is 4.63. The number of rotatable bonds is 6. The smallest absolute Gasteiger partial charge is 0.237 e. The summed E-state index contributed by atoms with van der Waals surface area (Å²) in [6.07, 6.45) is 4.51. The van der Waals surface area contributed by atoms with E-state index in [1.54, 1.807) is 12.1 Å². The molecule has 6 nitrogen and oxygen atoms in total. The molecule has 0 unspecified atom stereocenters. The second-order valence-electron chi connectivity index (χ2n) is 8.64. The molecule has 2 aliphatic rings. The van der Waals surface area contributed by atoms with Gasteiger partial charge in [-0.25, -0.2) is 4.39 Å². The molecule has 1 amide bonds. The van der Waals surface area contributed by atoms with Crippen LogP contribution in [-0.4, -0.2) is 51.0 Å². The topological polar surface area (TPSA) is 54.3 Å². The van der Waals surface area contributed by atoms with Crippen LogP contribution < -0.4 is 4.90 Å². The van der Waals surface area contributed by atoms with E-state index in [4.69, 9.17) is 0 Å². The van der Waals surface area contributed by atoms with Crippen LogP contribution in [0.3, 0.4) is 0 Å². The zero-order chi connectivity index (χ0) is 22.8. The van der Waals surface area contributed by atoms with Gasteiger partial charge in [0.15, 0.2) is 11.0 Å². The lowest BCUT2D eigenvalue weighted by Crippen LogP contribution is -2.33. The van der Waals surface area contributed by atoms with Crippen molar-refractivity contribution < 1.29 is 9.18 Å². The summed E-state index contributed by atoms with van der Waals surface area (Å²) in [5, 5.41) is 9.65. The van der Waals surface area contributed by atoms with Crippen molar-refractivity contribution in [2.75, 3.05) is 30.3 Å². The first-order valence-electron chi connectivity index (χ1n) is 11.6. The zero-order valence-electron chi connectivity index (χ0n) is 18.8. The molecule has 3 heterocycles. The molecule has 1 aromatic heterocycles. The number of thioether (sulfide) groups is 1. The predicted molar refractivity (Wildman–Crippen MR) is 128 cm³/mol. The molecular weight excluding hydrogens is 437 g/mol. The van der Waals surface area contributed by atoms with Gasteiger partial charge in [-0.2, -0.15) is 0 Å². The largest absolute Gasteiger partial charge is 0.311 e. The van der Waals surface area contributed by atoms with Crippen LogP contribution in [0.4, 0.5) is 10.1 Å². The van der Waals surface area contributed by atoms with Crippen LogP contribution in [0.1, 0.15) is 43.6 Å². The normalized spacial score (nSPS) is 17.2. The van der Waals surface area contributed by atoms with Crippen molar-refractivity contribution in [3.05, 3.63) is 65.7 Å². The maximum Gasteiger partial charge on any atom is 0.237 e. The monoisotopic (exact) mass is 465 g/mol. The fourth-order valence-electron chi connectivity index (χ4n) is 4.75. The molecule has 3 aromatic rings. The minimum Gasteiger partial charge on any atom is -0.311 e. The van der Waals surface area contributed by atoms with Gasteiger partial charge in [0.2, 0.25) is 5.91 Å². The number of piperidine rings is 1. The van der Waals surface area contributed by atoms with Gasteiger partial charge in [-0.15, -0.1) is 10.2 Å². The van der Waals surface area contributed by atoms with Gasteiger partial charge in [0, 0.05) is 17.9 Å². The summed E-state index contributed by atoms with van der Waals surface area (Å²) in [7, 11) is 0. The van der Waals surface area contributed by atoms with E-state index < -0.39 is 0 Å². The van der Waals surface area contributed by atoms with Crippen LogP contribution >= 0.6 is 11.8 Å². The molecule has 2 aliphatic heterocycles. The van der Waals surface area contributed by atoms with Crippen LogP contribution in [-0.2, 0) is 11.2 Å². The van der Waals surface area contributed by atoms with E-state index in [1.807, 2.05) is 27.7 Å². The lowest BCUT2D eigenvalue weighted by molar-refractivity contribution is -0.116. The number of aromatic nitrogens is 3. The quantitative estimate of drug-likeness (QED) is 0.497. The number of halogens is 1. The van der Waals surface area contributed by atoms with Gasteiger partial charge in [0.05, 0.1) is 11.8 Å². The fraction of sp³-hybridized carbons (Fsp3) is 0.400. The molecule has 0 N–H and O–H groups in total. The molecule has 33 heavy (non-hydrogen) atoms. The molecule has 172 valence electrons. The molecular formula is C25H28FN5OS. The highest BCUT2D eigenvalue weighted by Gasteiger charge is 2.28. The van der Waals surface area contributed by atoms with Crippen molar-refractivity contribution in [1.82, 2.24) is 19.7 Å². The van der Waals surface area contributed by atoms with E-state index in [-0.39, 0.29) is 23.5 Å². The molecule has 0 bridgehead atoms. The summed E-state index contributed by atoms with van der Waals surface area (Å²) in [5.41, 5.74) is 3.02. The average molecular weight is 466 g/mol. The Morgan fingerprint density at radius 3 is 2.58 bits per heavy atom. The third-order valence-electron chi connectivity index (χ3n) is 6.57. The van der Waals surface area contributed by atoms with Crippen molar-refractivity contribution in [1.29, 1.82) is 0 Å². The highest BCUT2D eigenvalue weighted by molar-refractivity contribution is 7.99. The number of hydrogen-bond donors (Lipinski definition) is 0. The van der Waals surface area contributed by atoms with E-state index >= 15 is 0 Å². The van der Waals surface area contributed by atoms with E-state index in [9.17, 15) is 9.18 Å². The highest BCUT2D eigenvalue weighted by Crippen LogP contribution is 2.31. The second kappa shape index (κ2) is 9.65. The number of carbonyl (C=O) groups is 1. The SMILES string of the molecule is C[C@H](c1nnc(SCC(=O)N2CCc3ccccc32)n1-c1ccc(F)cc1)N1CCCCC1. The number of para-hydroxylation sites is 1. The van der Waals surface area contributed by atoms with Crippen LogP contribution in [0.5, 0.6) is 0 Å². The Morgan fingerprint density at radius 1 is 1.03 bits per heavy atom. The number of likely N-dealkylation sites (tertiary alicyclic amines) is 1. The van der Waals surface area contributed by atoms with Crippen molar-refractivity contribution in [3.8, 4) is 5.69 Å². The first kappa shape index (κ1) is 22.1. The molecule has 1 fully saturated rings. The van der Waals surface area contributed by atoms with Gasteiger partial charge < -0.3 is 4.90 Å². The molecule has 0 spiro atoms. The van der Waals surface area contributed by atoms with Gasteiger partial charge in [-0.1, -0.05) is 36.4 Å². The fourth-order valence-corrected chi connectivity index (χ4v) is 5.58. The van der Waals surface area contributed by atoms with Crippen molar-refractivity contribution in [3.63, 3.8) is 0 Å². The van der Waals surface area contributed by atoms with Gasteiger partial charge in [-0.05, 0) is 75.2 Å². The van der Waals surface area contributed by atoms with Crippen LogP contribution in [0.15, 0.2) is 53.7 Å². The number of amides is 1. The number of anilines is 1. The molecule has 0 radical (unpaired) electrons. The molecule has 1 saturated heterocycles. The van der Waals surface area contributed by atoms with Gasteiger partial charge >= 0.3 is 0 Å². The van der Waals surface area contributed by atoms with Gasteiger partial charge in [0.25, 0.3) is 0 Å². The molecule has 5 rings (SSSR count). The Hall–Kier alpha value is -2.71. The summed E-state index contributed by atoms with van der Waals surface area (Å²) >= 11 is 1.39. The summed E-state index contributed by atoms with van der Waals surface area (Å²) in [6.45, 7) is 4.93. The molecule has 8 heteroatoms. The Labute approximate surface area is 197 Å². The average Bonchev–Trinajstić information content (AvgIpc) is 3.48. The van der Waals surface area contributed by atoms with E-state index in [0.717, 1.165) is 36.7 Å². The summed E-state index contributed by atoms with van der Waals surface area (Å²) < 4.78 is 15.6. The molecule has 1 atom stereocenters. The third kappa shape index (κ3) is 4.54. The van der Waals surface area contributed by atoms with E-state index in [0.29, 0.717) is 11.7 Å². The number of benzene rings is 2. The van der Waals surface area contributed by atoms with Crippen LogP contribution in [0.25, 0.3) is 5.69 Å². The third-order valence-corrected chi connectivity index (χ3v) is 7.48. The van der Waals surface area contributed by atoms with Crippen LogP contribution in [0.2, 0.25) is 0 Å². The summed E-state index contributed by atoms with van der Waals surface area (Å²) in [6, 6.07) is 14.5. The Bertz CT molecular complexity index is 1130. The minimum atomic E-state index is -0.283. The maximum absolute atomic E-state index is 13.6. The summed E-state index contributed by atoms with van der Waals surface area (Å²) in [5.74, 6) is 0.870. The van der Waals surface area contributed by atoms with Crippen molar-refractivity contribution in [2.45, 2.75) is 43.8 Å². The minimum absolute atomic E-state index is 0.0595. The van der Waals surface area contributed by atoms with E-state index in [2.05, 4.69) is 28.1 Å². The van der Waals surface area contributed by atoms with E-state index in [1.165, 1.54) is 48.7 Å². The Kier molecular flexibility index (Phi) is 6.46. The van der Waals surface area contributed by atoms with Crippen molar-refractivity contribution >= 4 is 23.4 Å². The van der Waals surface area contributed by atoms with Crippen molar-refractivity contribution in [2.24, 2.45) is 0 Å². The number of fused-ring (bicyclic) bond motifs is 1. The number of hydrogen-bond acceptors (Lipinski definition) is 5. The lowest BCUT2D eigenvalue weighted by Gasteiger charge is -2.31. The number of carbonyl (C=O) groups excluding carboxylic acids is 1.